The largest absolute Gasteiger partial charge is 0.397 e. The number of nitrogens with zero attached hydrogens (tertiary/aromatic N) is 1. The topological polar surface area (TPSA) is 29.3 Å². The van der Waals surface area contributed by atoms with Crippen LogP contribution < -0.4 is 10.6 Å². The molecule has 0 amide bonds. The summed E-state index contributed by atoms with van der Waals surface area (Å²) in [6.45, 7) is 4.16. The molecule has 1 aromatic carbocycles. The molecule has 0 saturated carbocycles. The number of anilines is 2. The van der Waals surface area contributed by atoms with E-state index in [-0.39, 0.29) is 5.82 Å². The molecule has 0 aromatic heterocycles. The van der Waals surface area contributed by atoms with Crippen molar-refractivity contribution in [3.8, 4) is 0 Å². The van der Waals surface area contributed by atoms with E-state index in [0.717, 1.165) is 25.2 Å². The predicted molar refractivity (Wildman–Crippen MR) is 69.5 cm³/mol. The molecule has 1 saturated heterocycles. The lowest BCUT2D eigenvalue weighted by atomic mass is 10.2. The van der Waals surface area contributed by atoms with Gasteiger partial charge in [-0.1, -0.05) is 6.92 Å². The van der Waals surface area contributed by atoms with E-state index in [9.17, 15) is 4.39 Å². The number of halogens is 2. The lowest BCUT2D eigenvalue weighted by Crippen LogP contribution is -2.20. The Hall–Kier alpha value is -0.520. The highest BCUT2D eigenvalue weighted by Crippen LogP contribution is 2.31. The average molecular weight is 320 g/mol. The summed E-state index contributed by atoms with van der Waals surface area (Å²) in [6.07, 6.45) is 1.16. The highest BCUT2D eigenvalue weighted by molar-refractivity contribution is 14.1. The smallest absolute Gasteiger partial charge is 0.138 e. The third kappa shape index (κ3) is 2.19. The van der Waals surface area contributed by atoms with Crippen LogP contribution >= 0.6 is 22.6 Å². The van der Waals surface area contributed by atoms with Crippen LogP contribution in [-0.4, -0.2) is 13.1 Å². The quantitative estimate of drug-likeness (QED) is 0.637. The molecular weight excluding hydrogens is 306 g/mol. The average Bonchev–Trinajstić information content (AvgIpc) is 2.58. The van der Waals surface area contributed by atoms with E-state index in [1.54, 1.807) is 12.1 Å². The van der Waals surface area contributed by atoms with Crippen molar-refractivity contribution in [1.82, 2.24) is 0 Å². The van der Waals surface area contributed by atoms with Gasteiger partial charge in [-0.15, -0.1) is 0 Å². The van der Waals surface area contributed by atoms with Crippen LogP contribution in [0.2, 0.25) is 0 Å². The summed E-state index contributed by atoms with van der Waals surface area (Å²) in [5.41, 5.74) is 7.42. The molecule has 1 atom stereocenters. The second-order valence-corrected chi connectivity index (χ2v) is 5.33. The van der Waals surface area contributed by atoms with Crippen LogP contribution in [-0.2, 0) is 0 Å². The van der Waals surface area contributed by atoms with Crippen LogP contribution in [0.1, 0.15) is 13.3 Å². The first kappa shape index (κ1) is 11.0. The number of benzene rings is 1. The van der Waals surface area contributed by atoms with Gasteiger partial charge in [0.15, 0.2) is 0 Å². The molecule has 4 heteroatoms. The van der Waals surface area contributed by atoms with Crippen molar-refractivity contribution < 1.29 is 4.39 Å². The fraction of sp³-hybridized carbons (Fsp3) is 0.455. The Bertz CT molecular complexity index is 381. The Labute approximate surface area is 103 Å². The summed E-state index contributed by atoms with van der Waals surface area (Å²) in [5, 5.41) is 0. The number of hydrogen-bond donors (Lipinski definition) is 1. The number of rotatable bonds is 1. The first-order valence-electron chi connectivity index (χ1n) is 5.07. The van der Waals surface area contributed by atoms with Gasteiger partial charge >= 0.3 is 0 Å². The summed E-state index contributed by atoms with van der Waals surface area (Å²) >= 11 is 1.96. The molecule has 0 spiro atoms. The predicted octanol–water partition coefficient (Wildman–Crippen LogP) is 2.86. The van der Waals surface area contributed by atoms with Crippen LogP contribution in [0.25, 0.3) is 0 Å². The molecule has 0 radical (unpaired) electrons. The van der Waals surface area contributed by atoms with Crippen LogP contribution in [0.3, 0.4) is 0 Å². The molecule has 1 heterocycles. The minimum Gasteiger partial charge on any atom is -0.397 e. The number of nitrogens with two attached hydrogens (primary N) is 1. The zero-order valence-electron chi connectivity index (χ0n) is 8.63. The fourth-order valence-electron chi connectivity index (χ4n) is 1.98. The normalized spacial score (nSPS) is 21.0. The standard InChI is InChI=1S/C11H14FIN2/c1-7-2-3-15(6-7)11-4-8(12)9(13)5-10(11)14/h4-5,7H,2-3,6,14H2,1H3. The molecule has 1 fully saturated rings. The molecule has 0 aliphatic carbocycles. The third-order valence-corrected chi connectivity index (χ3v) is 3.66. The summed E-state index contributed by atoms with van der Waals surface area (Å²) in [7, 11) is 0. The molecule has 1 aromatic rings. The summed E-state index contributed by atoms with van der Waals surface area (Å²) < 4.78 is 14.0. The van der Waals surface area contributed by atoms with E-state index in [1.165, 1.54) is 0 Å². The third-order valence-electron chi connectivity index (χ3n) is 2.83. The second-order valence-electron chi connectivity index (χ2n) is 4.16. The van der Waals surface area contributed by atoms with Crippen molar-refractivity contribution in [1.29, 1.82) is 0 Å². The maximum absolute atomic E-state index is 13.4. The molecule has 2 rings (SSSR count). The van der Waals surface area contributed by atoms with Crippen molar-refractivity contribution in [3.05, 3.63) is 21.5 Å². The molecule has 15 heavy (non-hydrogen) atoms. The molecule has 1 aliphatic heterocycles. The molecule has 1 aliphatic rings. The van der Waals surface area contributed by atoms with Crippen molar-refractivity contribution in [2.75, 3.05) is 23.7 Å². The minimum atomic E-state index is -0.181. The maximum Gasteiger partial charge on any atom is 0.138 e. The van der Waals surface area contributed by atoms with Crippen LogP contribution in [0, 0.1) is 15.3 Å². The van der Waals surface area contributed by atoms with Gasteiger partial charge in [-0.2, -0.15) is 0 Å². The van der Waals surface area contributed by atoms with E-state index in [4.69, 9.17) is 5.73 Å². The van der Waals surface area contributed by atoms with Crippen molar-refractivity contribution in [3.63, 3.8) is 0 Å². The van der Waals surface area contributed by atoms with Crippen molar-refractivity contribution in [2.45, 2.75) is 13.3 Å². The molecule has 0 bridgehead atoms. The van der Waals surface area contributed by atoms with Gasteiger partial charge in [0.1, 0.15) is 5.82 Å². The van der Waals surface area contributed by atoms with Gasteiger partial charge in [-0.3, -0.25) is 0 Å². The second kappa shape index (κ2) is 4.15. The lowest BCUT2D eigenvalue weighted by molar-refractivity contribution is 0.619. The Balaban J connectivity index is 2.32. The Morgan fingerprint density at radius 3 is 2.87 bits per heavy atom. The van der Waals surface area contributed by atoms with E-state index < -0.39 is 0 Å². The van der Waals surface area contributed by atoms with Gasteiger partial charge in [0.05, 0.1) is 14.9 Å². The molecule has 2 N–H and O–H groups in total. The van der Waals surface area contributed by atoms with Gasteiger partial charge in [0.2, 0.25) is 0 Å². The molecular formula is C11H14FIN2. The van der Waals surface area contributed by atoms with Gasteiger partial charge in [0.25, 0.3) is 0 Å². The van der Waals surface area contributed by atoms with Gasteiger partial charge in [0, 0.05) is 19.2 Å². The SMILES string of the molecule is CC1CCN(c2cc(F)c(I)cc2N)C1. The highest BCUT2D eigenvalue weighted by Gasteiger charge is 2.21. The lowest BCUT2D eigenvalue weighted by Gasteiger charge is -2.20. The van der Waals surface area contributed by atoms with Crippen LogP contribution in [0.4, 0.5) is 15.8 Å². The van der Waals surface area contributed by atoms with Crippen molar-refractivity contribution in [2.24, 2.45) is 5.92 Å². The minimum absolute atomic E-state index is 0.181. The summed E-state index contributed by atoms with van der Waals surface area (Å²) in [4.78, 5) is 2.17. The number of hydrogen-bond acceptors (Lipinski definition) is 2. The monoisotopic (exact) mass is 320 g/mol. The zero-order chi connectivity index (χ0) is 11.0. The summed E-state index contributed by atoms with van der Waals surface area (Å²) in [5.74, 6) is 0.492. The first-order valence-corrected chi connectivity index (χ1v) is 6.15. The van der Waals surface area contributed by atoms with E-state index >= 15 is 0 Å². The fourth-order valence-corrected chi connectivity index (χ4v) is 2.47. The van der Waals surface area contributed by atoms with E-state index in [0.29, 0.717) is 15.2 Å². The maximum atomic E-state index is 13.4. The Kier molecular flexibility index (Phi) is 3.04. The zero-order valence-corrected chi connectivity index (χ0v) is 10.8. The van der Waals surface area contributed by atoms with Crippen LogP contribution in [0.5, 0.6) is 0 Å². The Morgan fingerprint density at radius 2 is 2.27 bits per heavy atom. The van der Waals surface area contributed by atoms with Gasteiger partial charge in [-0.25, -0.2) is 4.39 Å². The van der Waals surface area contributed by atoms with Gasteiger partial charge < -0.3 is 10.6 Å². The molecule has 2 nitrogen and oxygen atoms in total. The highest BCUT2D eigenvalue weighted by atomic mass is 127. The van der Waals surface area contributed by atoms with E-state index in [1.807, 2.05) is 22.6 Å². The number of nitrogen functional groups attached to an aromatic ring is 1. The Morgan fingerprint density at radius 1 is 1.53 bits per heavy atom. The van der Waals surface area contributed by atoms with Crippen molar-refractivity contribution >= 4 is 34.0 Å². The first-order chi connectivity index (χ1) is 7.08. The van der Waals surface area contributed by atoms with Crippen LogP contribution in [0.15, 0.2) is 12.1 Å². The molecule has 82 valence electrons. The summed E-state index contributed by atoms with van der Waals surface area (Å²) in [6, 6.07) is 3.25. The van der Waals surface area contributed by atoms with Gasteiger partial charge in [-0.05, 0) is 41.0 Å². The van der Waals surface area contributed by atoms with E-state index in [2.05, 4.69) is 11.8 Å². The molecule has 1 unspecified atom stereocenters.